The summed E-state index contributed by atoms with van der Waals surface area (Å²) in [7, 11) is 4.18. The Kier molecular flexibility index (Phi) is 6.75. The fraction of sp³-hybridized carbons (Fsp3) is 0.500. The van der Waals surface area contributed by atoms with Crippen LogP contribution in [0.3, 0.4) is 0 Å². The van der Waals surface area contributed by atoms with E-state index in [1.54, 1.807) is 0 Å². The summed E-state index contributed by atoms with van der Waals surface area (Å²) in [5.74, 6) is 0. The van der Waals surface area contributed by atoms with Crippen LogP contribution in [0.2, 0.25) is 0 Å². The molecule has 0 aliphatic carbocycles. The fourth-order valence-corrected chi connectivity index (χ4v) is 2.62. The summed E-state index contributed by atoms with van der Waals surface area (Å²) in [6.07, 6.45) is 1.12. The Morgan fingerprint density at radius 1 is 1.26 bits per heavy atom. The van der Waals surface area contributed by atoms with Crippen LogP contribution in [0.25, 0.3) is 0 Å². The van der Waals surface area contributed by atoms with Gasteiger partial charge in [-0.1, -0.05) is 19.1 Å². The quantitative estimate of drug-likeness (QED) is 0.771. The molecule has 0 radical (unpaired) electrons. The van der Waals surface area contributed by atoms with Gasteiger partial charge in [0.15, 0.2) is 0 Å². The summed E-state index contributed by atoms with van der Waals surface area (Å²) in [5, 5.41) is 0. The van der Waals surface area contributed by atoms with Crippen LogP contribution in [0, 0.1) is 0 Å². The van der Waals surface area contributed by atoms with Crippen LogP contribution in [0.5, 0.6) is 0 Å². The van der Waals surface area contributed by atoms with Crippen molar-refractivity contribution in [2.75, 3.05) is 38.6 Å². The van der Waals surface area contributed by atoms with Crippen LogP contribution >= 0.6 is 28.1 Å². The maximum Gasteiger partial charge on any atom is 0.104 e. The van der Waals surface area contributed by atoms with Crippen molar-refractivity contribution in [3.8, 4) is 0 Å². The molecule has 0 saturated heterocycles. The Morgan fingerprint density at radius 3 is 2.42 bits per heavy atom. The van der Waals surface area contributed by atoms with E-state index in [0.29, 0.717) is 4.99 Å². The molecule has 1 rings (SSSR count). The first-order chi connectivity index (χ1) is 8.95. The van der Waals surface area contributed by atoms with Gasteiger partial charge in [-0.25, -0.2) is 0 Å². The third-order valence-corrected chi connectivity index (χ3v) is 3.75. The van der Waals surface area contributed by atoms with Gasteiger partial charge in [-0.3, -0.25) is 0 Å². The number of likely N-dealkylation sites (N-methyl/N-ethyl adjacent to an activating group) is 1. The lowest BCUT2D eigenvalue weighted by molar-refractivity contribution is 0.413. The molecule has 0 heterocycles. The molecule has 0 aliphatic heterocycles. The monoisotopic (exact) mass is 343 g/mol. The molecule has 0 aliphatic rings. The smallest absolute Gasteiger partial charge is 0.104 e. The summed E-state index contributed by atoms with van der Waals surface area (Å²) in [4.78, 5) is 5.01. The number of rotatable bonds is 7. The molecule has 5 heteroatoms. The zero-order chi connectivity index (χ0) is 14.4. The van der Waals surface area contributed by atoms with Gasteiger partial charge in [-0.15, -0.1) is 0 Å². The summed E-state index contributed by atoms with van der Waals surface area (Å²) >= 11 is 8.63. The Hall–Kier alpha value is -0.650. The molecule has 0 fully saturated rings. The number of thiocarbonyl (C=S) groups is 1. The van der Waals surface area contributed by atoms with Gasteiger partial charge >= 0.3 is 0 Å². The lowest BCUT2D eigenvalue weighted by atomic mass is 10.2. The van der Waals surface area contributed by atoms with Gasteiger partial charge in [0.25, 0.3) is 0 Å². The highest BCUT2D eigenvalue weighted by Gasteiger charge is 2.11. The van der Waals surface area contributed by atoms with Gasteiger partial charge in [0.05, 0.1) is 5.69 Å². The largest absolute Gasteiger partial charge is 0.389 e. The summed E-state index contributed by atoms with van der Waals surface area (Å²) in [6.45, 7) is 5.27. The molecule has 0 spiro atoms. The average molecular weight is 344 g/mol. The Morgan fingerprint density at radius 2 is 1.95 bits per heavy atom. The highest BCUT2D eigenvalue weighted by Crippen LogP contribution is 2.27. The van der Waals surface area contributed by atoms with Crippen molar-refractivity contribution in [1.29, 1.82) is 0 Å². The van der Waals surface area contributed by atoms with Gasteiger partial charge in [-0.2, -0.15) is 0 Å². The summed E-state index contributed by atoms with van der Waals surface area (Å²) in [5.41, 5.74) is 7.75. The van der Waals surface area contributed by atoms with Crippen molar-refractivity contribution < 1.29 is 0 Å². The second kappa shape index (κ2) is 7.82. The van der Waals surface area contributed by atoms with Crippen molar-refractivity contribution in [2.24, 2.45) is 5.73 Å². The molecule has 19 heavy (non-hydrogen) atoms. The van der Waals surface area contributed by atoms with Crippen LogP contribution in [0.15, 0.2) is 22.7 Å². The molecular weight excluding hydrogens is 322 g/mol. The highest BCUT2D eigenvalue weighted by atomic mass is 79.9. The lowest BCUT2D eigenvalue weighted by Gasteiger charge is -2.27. The summed E-state index contributed by atoms with van der Waals surface area (Å²) < 4.78 is 1.05. The Balaban J connectivity index is 2.92. The predicted molar refractivity (Wildman–Crippen MR) is 91.1 cm³/mol. The van der Waals surface area contributed by atoms with Crippen molar-refractivity contribution in [2.45, 2.75) is 13.3 Å². The molecule has 1 aromatic carbocycles. The first kappa shape index (κ1) is 16.4. The van der Waals surface area contributed by atoms with Crippen molar-refractivity contribution in [1.82, 2.24) is 4.90 Å². The standard InChI is InChI=1S/C14H22BrN3S/c1-4-7-18(9-8-17(2)3)13-6-5-11(14(16)19)10-12(13)15/h5-6,10H,4,7-9H2,1-3H3,(H2,16,19). The first-order valence-corrected chi connectivity index (χ1v) is 7.64. The van der Waals surface area contributed by atoms with Crippen molar-refractivity contribution >= 4 is 38.8 Å². The number of nitrogens with two attached hydrogens (primary N) is 1. The van der Waals surface area contributed by atoms with E-state index in [9.17, 15) is 0 Å². The number of nitrogens with zero attached hydrogens (tertiary/aromatic N) is 2. The second-order valence-corrected chi connectivity index (χ2v) is 6.11. The van der Waals surface area contributed by atoms with Gasteiger partial charge < -0.3 is 15.5 Å². The zero-order valence-electron chi connectivity index (χ0n) is 11.8. The minimum Gasteiger partial charge on any atom is -0.389 e. The molecule has 0 aromatic heterocycles. The van der Waals surface area contributed by atoms with Crippen molar-refractivity contribution in [3.63, 3.8) is 0 Å². The van der Waals surface area contributed by atoms with Crippen LogP contribution < -0.4 is 10.6 Å². The predicted octanol–water partition coefficient (Wildman–Crippen LogP) is 2.86. The Labute approximate surface area is 129 Å². The van der Waals surface area contributed by atoms with E-state index < -0.39 is 0 Å². The maximum atomic E-state index is 5.66. The van der Waals surface area contributed by atoms with Gasteiger partial charge in [-0.05, 0) is 54.6 Å². The minimum atomic E-state index is 0.433. The van der Waals surface area contributed by atoms with Crippen LogP contribution in [-0.4, -0.2) is 43.6 Å². The molecule has 0 bridgehead atoms. The topological polar surface area (TPSA) is 32.5 Å². The molecule has 0 atom stereocenters. The number of halogens is 1. The fourth-order valence-electron chi connectivity index (χ4n) is 1.86. The van der Waals surface area contributed by atoms with E-state index in [4.69, 9.17) is 18.0 Å². The zero-order valence-corrected chi connectivity index (χ0v) is 14.2. The number of hydrogen-bond donors (Lipinski definition) is 1. The normalized spacial score (nSPS) is 10.8. The minimum absolute atomic E-state index is 0.433. The van der Waals surface area contributed by atoms with E-state index >= 15 is 0 Å². The van der Waals surface area contributed by atoms with Crippen LogP contribution in [0.4, 0.5) is 5.69 Å². The number of hydrogen-bond acceptors (Lipinski definition) is 3. The molecule has 0 amide bonds. The third-order valence-electron chi connectivity index (χ3n) is 2.88. The molecule has 2 N–H and O–H groups in total. The molecule has 1 aromatic rings. The van der Waals surface area contributed by atoms with E-state index in [1.807, 2.05) is 12.1 Å². The molecule has 0 saturated carbocycles. The molecule has 106 valence electrons. The van der Waals surface area contributed by atoms with E-state index in [1.165, 1.54) is 5.69 Å². The average Bonchev–Trinajstić information content (AvgIpc) is 2.34. The van der Waals surface area contributed by atoms with Crippen LogP contribution in [0.1, 0.15) is 18.9 Å². The third kappa shape index (κ3) is 5.09. The Bertz CT molecular complexity index is 435. The van der Waals surface area contributed by atoms with Gasteiger partial charge in [0.2, 0.25) is 0 Å². The lowest BCUT2D eigenvalue weighted by Crippen LogP contribution is -2.32. The molecule has 3 nitrogen and oxygen atoms in total. The van der Waals surface area contributed by atoms with Crippen molar-refractivity contribution in [3.05, 3.63) is 28.2 Å². The number of benzene rings is 1. The van der Waals surface area contributed by atoms with E-state index in [2.05, 4.69) is 52.8 Å². The van der Waals surface area contributed by atoms with Crippen LogP contribution in [-0.2, 0) is 0 Å². The molecule has 0 unspecified atom stereocenters. The van der Waals surface area contributed by atoms with Gasteiger partial charge in [0, 0.05) is 29.7 Å². The molecular formula is C14H22BrN3S. The van der Waals surface area contributed by atoms with E-state index in [-0.39, 0.29) is 0 Å². The SMILES string of the molecule is CCCN(CCN(C)C)c1ccc(C(N)=S)cc1Br. The number of anilines is 1. The first-order valence-electron chi connectivity index (χ1n) is 6.44. The van der Waals surface area contributed by atoms with E-state index in [0.717, 1.165) is 36.1 Å². The second-order valence-electron chi connectivity index (χ2n) is 4.82. The van der Waals surface area contributed by atoms with Gasteiger partial charge in [0.1, 0.15) is 4.99 Å². The maximum absolute atomic E-state index is 5.66. The highest BCUT2D eigenvalue weighted by molar-refractivity contribution is 9.10. The summed E-state index contributed by atoms with van der Waals surface area (Å²) in [6, 6.07) is 6.07.